The predicted octanol–water partition coefficient (Wildman–Crippen LogP) is 1.86. The highest BCUT2D eigenvalue weighted by atomic mass is 16.2. The van der Waals surface area contributed by atoms with Gasteiger partial charge in [-0.2, -0.15) is 0 Å². The molecule has 0 radical (unpaired) electrons. The van der Waals surface area contributed by atoms with Crippen LogP contribution in [-0.2, 0) is 4.79 Å². The molecule has 3 N–H and O–H groups in total. The maximum absolute atomic E-state index is 12.8. The summed E-state index contributed by atoms with van der Waals surface area (Å²) < 4.78 is 1.71. The summed E-state index contributed by atoms with van der Waals surface area (Å²) in [7, 11) is 0. The van der Waals surface area contributed by atoms with Gasteiger partial charge in [-0.3, -0.25) is 14.2 Å². The second kappa shape index (κ2) is 7.22. The fourth-order valence-electron chi connectivity index (χ4n) is 3.57. The summed E-state index contributed by atoms with van der Waals surface area (Å²) >= 11 is 0. The van der Waals surface area contributed by atoms with Gasteiger partial charge in [-0.05, 0) is 42.7 Å². The molecule has 0 aliphatic heterocycles. The van der Waals surface area contributed by atoms with Gasteiger partial charge in [0.25, 0.3) is 5.91 Å². The van der Waals surface area contributed by atoms with Crippen molar-refractivity contribution in [2.45, 2.75) is 31.2 Å². The van der Waals surface area contributed by atoms with Crippen molar-refractivity contribution in [2.75, 3.05) is 0 Å². The van der Waals surface area contributed by atoms with Gasteiger partial charge >= 0.3 is 0 Å². The zero-order valence-electron chi connectivity index (χ0n) is 15.2. The highest BCUT2D eigenvalue weighted by Gasteiger charge is 2.41. The quantitative estimate of drug-likeness (QED) is 0.705. The van der Waals surface area contributed by atoms with E-state index in [0.717, 1.165) is 24.0 Å². The van der Waals surface area contributed by atoms with Crippen LogP contribution in [0.5, 0.6) is 0 Å². The van der Waals surface area contributed by atoms with E-state index in [4.69, 9.17) is 5.73 Å². The van der Waals surface area contributed by atoms with Crippen molar-refractivity contribution in [3.05, 3.63) is 60.8 Å². The average molecular weight is 376 g/mol. The number of benzene rings is 1. The lowest BCUT2D eigenvalue weighted by molar-refractivity contribution is -0.123. The summed E-state index contributed by atoms with van der Waals surface area (Å²) in [6, 6.07) is 11.0. The average Bonchev–Trinajstić information content (AvgIpc) is 3.41. The van der Waals surface area contributed by atoms with Crippen molar-refractivity contribution in [3.63, 3.8) is 0 Å². The first-order valence-corrected chi connectivity index (χ1v) is 9.11. The Morgan fingerprint density at radius 2 is 1.79 bits per heavy atom. The number of amides is 2. The van der Waals surface area contributed by atoms with Crippen LogP contribution < -0.4 is 11.1 Å². The smallest absolute Gasteiger partial charge is 0.252 e. The standard InChI is InChI=1S/C20H20N6O2/c21-19(28)20(8-1-2-9-20)25-18(27)15-5-3-4-14(10-15)16-6-7-17(22-11-16)26-12-23-24-13-26/h3-7,10-13H,1-2,8-9H2,(H2,21,28)(H,25,27). The molecule has 0 spiro atoms. The number of pyridine rings is 1. The van der Waals surface area contributed by atoms with Crippen LogP contribution in [-0.4, -0.2) is 37.1 Å². The molecule has 4 rings (SSSR count). The molecule has 0 saturated heterocycles. The fraction of sp³-hybridized carbons (Fsp3) is 0.250. The molecule has 1 aliphatic carbocycles. The van der Waals surface area contributed by atoms with Gasteiger partial charge in [0, 0.05) is 17.3 Å². The van der Waals surface area contributed by atoms with Crippen LogP contribution in [0.1, 0.15) is 36.0 Å². The number of hydrogen-bond donors (Lipinski definition) is 2. The number of carbonyl (C=O) groups excluding carboxylic acids is 2. The molecule has 1 fully saturated rings. The zero-order valence-corrected chi connectivity index (χ0v) is 15.2. The fourth-order valence-corrected chi connectivity index (χ4v) is 3.57. The first-order chi connectivity index (χ1) is 13.6. The molecule has 2 amide bonds. The molecule has 8 nitrogen and oxygen atoms in total. The SMILES string of the molecule is NC(=O)C1(NC(=O)c2cccc(-c3ccc(-n4cnnc4)nc3)c2)CCCC1. The van der Waals surface area contributed by atoms with Gasteiger partial charge in [0.1, 0.15) is 24.0 Å². The van der Waals surface area contributed by atoms with Crippen LogP contribution in [0.25, 0.3) is 16.9 Å². The Balaban J connectivity index is 1.56. The Hall–Kier alpha value is -3.55. The molecular weight excluding hydrogens is 356 g/mol. The Bertz CT molecular complexity index is 992. The summed E-state index contributed by atoms with van der Waals surface area (Å²) in [6.45, 7) is 0. The van der Waals surface area contributed by atoms with Crippen LogP contribution in [0.3, 0.4) is 0 Å². The number of primary amides is 1. The highest BCUT2D eigenvalue weighted by molar-refractivity contribution is 5.99. The number of nitrogens with zero attached hydrogens (tertiary/aromatic N) is 4. The molecule has 142 valence electrons. The minimum atomic E-state index is -0.935. The van der Waals surface area contributed by atoms with E-state index in [1.807, 2.05) is 24.3 Å². The van der Waals surface area contributed by atoms with Crippen LogP contribution in [0, 0.1) is 0 Å². The van der Waals surface area contributed by atoms with Crippen LogP contribution >= 0.6 is 0 Å². The summed E-state index contributed by atoms with van der Waals surface area (Å²) in [5.41, 5.74) is 6.83. The number of carbonyl (C=O) groups is 2. The Labute approximate surface area is 161 Å². The summed E-state index contributed by atoms with van der Waals surface area (Å²) in [6.07, 6.45) is 7.81. The second-order valence-corrected chi connectivity index (χ2v) is 6.96. The lowest BCUT2D eigenvalue weighted by atomic mass is 9.95. The van der Waals surface area contributed by atoms with E-state index in [1.165, 1.54) is 0 Å². The van der Waals surface area contributed by atoms with Gasteiger partial charge in [-0.25, -0.2) is 4.98 Å². The number of nitrogens with two attached hydrogens (primary N) is 1. The lowest BCUT2D eigenvalue weighted by Crippen LogP contribution is -2.55. The largest absolute Gasteiger partial charge is 0.368 e. The molecule has 2 aromatic heterocycles. The lowest BCUT2D eigenvalue weighted by Gasteiger charge is -2.26. The molecule has 3 aromatic rings. The van der Waals surface area contributed by atoms with Gasteiger partial charge < -0.3 is 11.1 Å². The van der Waals surface area contributed by atoms with Crippen molar-refractivity contribution in [1.29, 1.82) is 0 Å². The van der Waals surface area contributed by atoms with Crippen LogP contribution in [0.15, 0.2) is 55.2 Å². The van der Waals surface area contributed by atoms with Crippen LogP contribution in [0.2, 0.25) is 0 Å². The van der Waals surface area contributed by atoms with Crippen molar-refractivity contribution >= 4 is 11.8 Å². The Morgan fingerprint density at radius 1 is 1.04 bits per heavy atom. The Kier molecular flexibility index (Phi) is 4.60. The Morgan fingerprint density at radius 3 is 2.43 bits per heavy atom. The number of rotatable bonds is 5. The van der Waals surface area contributed by atoms with Crippen molar-refractivity contribution in [2.24, 2.45) is 5.73 Å². The minimum Gasteiger partial charge on any atom is -0.368 e. The van der Waals surface area contributed by atoms with Crippen molar-refractivity contribution < 1.29 is 9.59 Å². The predicted molar refractivity (Wildman–Crippen MR) is 102 cm³/mol. The molecule has 1 aliphatic rings. The van der Waals surface area contributed by atoms with Crippen molar-refractivity contribution in [3.8, 4) is 16.9 Å². The second-order valence-electron chi connectivity index (χ2n) is 6.96. The molecule has 8 heteroatoms. The number of aromatic nitrogens is 4. The highest BCUT2D eigenvalue weighted by Crippen LogP contribution is 2.30. The van der Waals surface area contributed by atoms with Gasteiger partial charge in [0.05, 0.1) is 0 Å². The van der Waals surface area contributed by atoms with Gasteiger partial charge in [0.2, 0.25) is 5.91 Å². The minimum absolute atomic E-state index is 0.295. The normalized spacial score (nSPS) is 15.3. The number of nitrogens with one attached hydrogen (secondary N) is 1. The van der Waals surface area contributed by atoms with Crippen molar-refractivity contribution in [1.82, 2.24) is 25.1 Å². The van der Waals surface area contributed by atoms with E-state index >= 15 is 0 Å². The van der Waals surface area contributed by atoms with E-state index in [-0.39, 0.29) is 5.91 Å². The molecular formula is C20H20N6O2. The molecule has 0 bridgehead atoms. The first-order valence-electron chi connectivity index (χ1n) is 9.11. The molecule has 0 atom stereocenters. The van der Waals surface area contributed by atoms with E-state index in [2.05, 4.69) is 20.5 Å². The topological polar surface area (TPSA) is 116 Å². The zero-order chi connectivity index (χ0) is 19.6. The third kappa shape index (κ3) is 3.36. The third-order valence-electron chi connectivity index (χ3n) is 5.17. The number of hydrogen-bond acceptors (Lipinski definition) is 5. The van der Waals surface area contributed by atoms with E-state index in [9.17, 15) is 9.59 Å². The summed E-state index contributed by atoms with van der Waals surface area (Å²) in [4.78, 5) is 29.1. The maximum Gasteiger partial charge on any atom is 0.252 e. The monoisotopic (exact) mass is 376 g/mol. The molecule has 0 unspecified atom stereocenters. The molecule has 28 heavy (non-hydrogen) atoms. The first kappa shape index (κ1) is 17.8. The van der Waals surface area contributed by atoms with Gasteiger partial charge in [-0.1, -0.05) is 25.0 Å². The van der Waals surface area contributed by atoms with Gasteiger partial charge in [0.15, 0.2) is 0 Å². The molecule has 1 saturated carbocycles. The maximum atomic E-state index is 12.8. The van der Waals surface area contributed by atoms with E-state index in [1.54, 1.807) is 35.6 Å². The summed E-state index contributed by atoms with van der Waals surface area (Å²) in [5.74, 6) is -0.0628. The molecule has 2 heterocycles. The third-order valence-corrected chi connectivity index (χ3v) is 5.17. The van der Waals surface area contributed by atoms with E-state index < -0.39 is 11.4 Å². The van der Waals surface area contributed by atoms with Crippen LogP contribution in [0.4, 0.5) is 0 Å². The van der Waals surface area contributed by atoms with E-state index in [0.29, 0.717) is 24.2 Å². The summed E-state index contributed by atoms with van der Waals surface area (Å²) in [5, 5.41) is 10.4. The van der Waals surface area contributed by atoms with Gasteiger partial charge in [-0.15, -0.1) is 10.2 Å². The molecule has 1 aromatic carbocycles.